The van der Waals surface area contributed by atoms with Crippen molar-refractivity contribution >= 4 is 22.4 Å². The highest BCUT2D eigenvalue weighted by molar-refractivity contribution is 7.15. The van der Waals surface area contributed by atoms with Gasteiger partial charge in [0.25, 0.3) is 0 Å². The van der Waals surface area contributed by atoms with E-state index in [0.29, 0.717) is 23.2 Å². The van der Waals surface area contributed by atoms with E-state index in [0.717, 1.165) is 30.8 Å². The molecule has 25 heavy (non-hydrogen) atoms. The maximum Gasteiger partial charge on any atom is 0.230 e. The van der Waals surface area contributed by atoms with Gasteiger partial charge in [-0.15, -0.1) is 0 Å². The Morgan fingerprint density at radius 1 is 1.52 bits per heavy atom. The van der Waals surface area contributed by atoms with Gasteiger partial charge in [0, 0.05) is 44.9 Å². The first-order chi connectivity index (χ1) is 12.0. The number of amides is 1. The Bertz CT molecular complexity index is 735. The van der Waals surface area contributed by atoms with Crippen molar-refractivity contribution in [2.24, 2.45) is 0 Å². The van der Waals surface area contributed by atoms with Crippen molar-refractivity contribution in [3.63, 3.8) is 0 Å². The first kappa shape index (κ1) is 17.9. The van der Waals surface area contributed by atoms with Gasteiger partial charge in [0.15, 0.2) is 5.13 Å². The highest BCUT2D eigenvalue weighted by Crippen LogP contribution is 2.24. The van der Waals surface area contributed by atoms with Crippen LogP contribution < -0.4 is 5.32 Å². The number of carbonyl (C=O) groups is 1. The number of hydrogen-bond acceptors (Lipinski definition) is 6. The van der Waals surface area contributed by atoms with Gasteiger partial charge in [0.2, 0.25) is 11.9 Å². The number of halogens is 1. The van der Waals surface area contributed by atoms with E-state index in [1.807, 2.05) is 19.2 Å². The van der Waals surface area contributed by atoms with E-state index >= 15 is 0 Å². The zero-order chi connectivity index (χ0) is 17.8. The number of nitrogens with zero attached hydrogens (tertiary/aromatic N) is 3. The van der Waals surface area contributed by atoms with Crippen LogP contribution in [0.3, 0.4) is 0 Å². The highest BCUT2D eigenvalue weighted by Gasteiger charge is 2.23. The van der Waals surface area contributed by atoms with Crippen molar-refractivity contribution in [2.45, 2.75) is 32.9 Å². The summed E-state index contributed by atoms with van der Waals surface area (Å²) in [5, 5.41) is 2.83. The molecule has 1 fully saturated rings. The Kier molecular flexibility index (Phi) is 5.72. The SMILES string of the molecule is CC(=O)Nc1nc(F)c(CN2CCOC(Cc3ccc(C)nc3)C2)s1. The molecule has 0 radical (unpaired) electrons. The smallest absolute Gasteiger partial charge is 0.230 e. The maximum absolute atomic E-state index is 14.0. The van der Waals surface area contributed by atoms with Crippen LogP contribution in [0.5, 0.6) is 0 Å². The highest BCUT2D eigenvalue weighted by atomic mass is 32.1. The number of hydrogen-bond donors (Lipinski definition) is 1. The summed E-state index contributed by atoms with van der Waals surface area (Å²) >= 11 is 1.18. The van der Waals surface area contributed by atoms with Crippen molar-refractivity contribution in [3.05, 3.63) is 40.4 Å². The average Bonchev–Trinajstić information content (AvgIpc) is 2.88. The molecule has 8 heteroatoms. The molecule has 1 aliphatic rings. The number of aryl methyl sites for hydroxylation is 1. The number of morpholine rings is 1. The number of rotatable bonds is 5. The minimum atomic E-state index is -0.514. The lowest BCUT2D eigenvalue weighted by molar-refractivity contribution is -0.114. The predicted molar refractivity (Wildman–Crippen MR) is 94.1 cm³/mol. The lowest BCUT2D eigenvalue weighted by Gasteiger charge is -2.32. The second-order valence-electron chi connectivity index (χ2n) is 6.15. The molecule has 0 aromatic carbocycles. The lowest BCUT2D eigenvalue weighted by atomic mass is 10.1. The van der Waals surface area contributed by atoms with Crippen LogP contribution in [0.15, 0.2) is 18.3 Å². The number of aromatic nitrogens is 2. The number of ether oxygens (including phenoxy) is 1. The van der Waals surface area contributed by atoms with Gasteiger partial charge in [-0.05, 0) is 18.6 Å². The Morgan fingerprint density at radius 2 is 2.36 bits per heavy atom. The molecule has 1 unspecified atom stereocenters. The van der Waals surface area contributed by atoms with Crippen molar-refractivity contribution in [3.8, 4) is 0 Å². The number of thiazole rings is 1. The lowest BCUT2D eigenvalue weighted by Crippen LogP contribution is -2.42. The van der Waals surface area contributed by atoms with Crippen LogP contribution in [0, 0.1) is 12.9 Å². The van der Waals surface area contributed by atoms with Crippen LogP contribution in [-0.2, 0) is 22.5 Å². The third kappa shape index (κ3) is 5.04. The van der Waals surface area contributed by atoms with Crippen LogP contribution >= 0.6 is 11.3 Å². The molecule has 1 N–H and O–H groups in total. The normalized spacial score (nSPS) is 18.3. The van der Waals surface area contributed by atoms with Crippen molar-refractivity contribution in [1.29, 1.82) is 0 Å². The summed E-state index contributed by atoms with van der Waals surface area (Å²) in [6.07, 6.45) is 2.72. The summed E-state index contributed by atoms with van der Waals surface area (Å²) in [5.74, 6) is -0.766. The van der Waals surface area contributed by atoms with E-state index < -0.39 is 5.95 Å². The van der Waals surface area contributed by atoms with Gasteiger partial charge < -0.3 is 10.1 Å². The minimum absolute atomic E-state index is 0.0593. The van der Waals surface area contributed by atoms with Crippen molar-refractivity contribution < 1.29 is 13.9 Å². The van der Waals surface area contributed by atoms with E-state index in [2.05, 4.69) is 26.3 Å². The topological polar surface area (TPSA) is 67.4 Å². The molecular weight excluding hydrogens is 343 g/mol. The van der Waals surface area contributed by atoms with Crippen molar-refractivity contribution in [2.75, 3.05) is 25.0 Å². The standard InChI is InChI=1S/C17H21FN4O2S/c1-11-3-4-13(8-19-11)7-14-9-22(5-6-24-14)10-15-16(18)21-17(25-15)20-12(2)23/h3-4,8,14H,5-7,9-10H2,1-2H3,(H,20,21,23). The molecule has 134 valence electrons. The molecule has 2 aromatic heterocycles. The quantitative estimate of drug-likeness (QED) is 0.882. The Morgan fingerprint density at radius 3 is 3.08 bits per heavy atom. The van der Waals surface area contributed by atoms with Gasteiger partial charge in [-0.2, -0.15) is 9.37 Å². The van der Waals surface area contributed by atoms with E-state index in [-0.39, 0.29) is 12.0 Å². The molecule has 6 nitrogen and oxygen atoms in total. The largest absolute Gasteiger partial charge is 0.375 e. The fourth-order valence-corrected chi connectivity index (χ4v) is 3.70. The molecule has 2 aromatic rings. The summed E-state index contributed by atoms with van der Waals surface area (Å²) in [4.78, 5) is 21.8. The molecule has 1 aliphatic heterocycles. The molecule has 1 amide bonds. The fourth-order valence-electron chi connectivity index (χ4n) is 2.77. The summed E-state index contributed by atoms with van der Waals surface area (Å²) in [5.41, 5.74) is 2.12. The van der Waals surface area contributed by atoms with Gasteiger partial charge in [-0.25, -0.2) is 0 Å². The first-order valence-electron chi connectivity index (χ1n) is 8.18. The van der Waals surface area contributed by atoms with Gasteiger partial charge in [-0.1, -0.05) is 17.4 Å². The van der Waals surface area contributed by atoms with E-state index in [9.17, 15) is 9.18 Å². The van der Waals surface area contributed by atoms with E-state index in [1.165, 1.54) is 18.3 Å². The van der Waals surface area contributed by atoms with Crippen LogP contribution in [-0.4, -0.2) is 46.6 Å². The van der Waals surface area contributed by atoms with E-state index in [1.54, 1.807) is 0 Å². The average molecular weight is 364 g/mol. The fraction of sp³-hybridized carbons (Fsp3) is 0.471. The predicted octanol–water partition coefficient (Wildman–Crippen LogP) is 2.39. The monoisotopic (exact) mass is 364 g/mol. The first-order valence-corrected chi connectivity index (χ1v) is 8.99. The molecule has 0 saturated carbocycles. The molecule has 3 rings (SSSR count). The second-order valence-corrected chi connectivity index (χ2v) is 7.24. The Hall–Kier alpha value is -1.90. The van der Waals surface area contributed by atoms with Gasteiger partial charge >= 0.3 is 0 Å². The summed E-state index contributed by atoms with van der Waals surface area (Å²) in [6.45, 7) is 5.89. The molecule has 3 heterocycles. The summed E-state index contributed by atoms with van der Waals surface area (Å²) < 4.78 is 19.8. The zero-order valence-corrected chi connectivity index (χ0v) is 15.1. The molecule has 1 atom stereocenters. The van der Waals surface area contributed by atoms with Crippen LogP contribution in [0.2, 0.25) is 0 Å². The van der Waals surface area contributed by atoms with Crippen molar-refractivity contribution in [1.82, 2.24) is 14.9 Å². The number of nitrogens with one attached hydrogen (secondary N) is 1. The summed E-state index contributed by atoms with van der Waals surface area (Å²) in [7, 11) is 0. The molecule has 0 aliphatic carbocycles. The number of carbonyl (C=O) groups excluding carboxylic acids is 1. The number of pyridine rings is 1. The van der Waals surface area contributed by atoms with Crippen LogP contribution in [0.1, 0.15) is 23.1 Å². The van der Waals surface area contributed by atoms with Gasteiger partial charge in [0.05, 0.1) is 17.6 Å². The Balaban J connectivity index is 1.59. The molecule has 1 saturated heterocycles. The molecule has 0 bridgehead atoms. The van der Waals surface area contributed by atoms with Crippen LogP contribution in [0.25, 0.3) is 0 Å². The maximum atomic E-state index is 14.0. The molecular formula is C17H21FN4O2S. The third-order valence-electron chi connectivity index (χ3n) is 3.96. The summed E-state index contributed by atoms with van der Waals surface area (Å²) in [6, 6.07) is 4.05. The van der Waals surface area contributed by atoms with Gasteiger partial charge in [-0.3, -0.25) is 14.7 Å². The van der Waals surface area contributed by atoms with E-state index in [4.69, 9.17) is 4.74 Å². The number of anilines is 1. The molecule has 0 spiro atoms. The Labute approximate surface area is 150 Å². The third-order valence-corrected chi connectivity index (χ3v) is 4.89. The van der Waals surface area contributed by atoms with Gasteiger partial charge in [0.1, 0.15) is 0 Å². The second kappa shape index (κ2) is 7.99. The zero-order valence-electron chi connectivity index (χ0n) is 14.3. The minimum Gasteiger partial charge on any atom is -0.375 e. The van der Waals surface area contributed by atoms with Crippen LogP contribution in [0.4, 0.5) is 9.52 Å².